The number of carbonyl (C=O) groups is 2. The van der Waals surface area contributed by atoms with E-state index in [0.29, 0.717) is 44.8 Å². The van der Waals surface area contributed by atoms with Crippen molar-refractivity contribution in [3.63, 3.8) is 0 Å². The van der Waals surface area contributed by atoms with Gasteiger partial charge in [-0.2, -0.15) is 0 Å². The minimum absolute atomic E-state index is 0.0141. The van der Waals surface area contributed by atoms with Crippen molar-refractivity contribution in [2.75, 3.05) is 39.4 Å². The predicted octanol–water partition coefficient (Wildman–Crippen LogP) is 1.17. The van der Waals surface area contributed by atoms with Crippen LogP contribution in [0.4, 0.5) is 0 Å². The van der Waals surface area contributed by atoms with E-state index < -0.39 is 11.5 Å². The van der Waals surface area contributed by atoms with Crippen LogP contribution in [-0.4, -0.2) is 76.7 Å². The number of benzene rings is 1. The maximum absolute atomic E-state index is 12.9. The molecule has 25 heavy (non-hydrogen) atoms. The molecule has 1 unspecified atom stereocenters. The van der Waals surface area contributed by atoms with Crippen LogP contribution in [0.15, 0.2) is 30.5 Å². The number of nitrogens with zero attached hydrogens (tertiary/aromatic N) is 2. The van der Waals surface area contributed by atoms with Gasteiger partial charge in [0.1, 0.15) is 5.54 Å². The summed E-state index contributed by atoms with van der Waals surface area (Å²) in [5.41, 5.74) is 0.573. The molecule has 1 atom stereocenters. The highest BCUT2D eigenvalue weighted by Gasteiger charge is 2.48. The fourth-order valence-corrected chi connectivity index (χ4v) is 3.88. The number of nitrogens with one attached hydrogen (secondary N) is 1. The van der Waals surface area contributed by atoms with Gasteiger partial charge in [-0.05, 0) is 12.1 Å². The topological polar surface area (TPSA) is 85.9 Å². The van der Waals surface area contributed by atoms with Crippen LogP contribution >= 0.6 is 0 Å². The van der Waals surface area contributed by atoms with Gasteiger partial charge in [0.25, 0.3) is 5.91 Å². The Kier molecular flexibility index (Phi) is 3.97. The number of carboxylic acids is 1. The first-order valence-corrected chi connectivity index (χ1v) is 8.53. The van der Waals surface area contributed by atoms with Gasteiger partial charge < -0.3 is 19.7 Å². The van der Waals surface area contributed by atoms with Gasteiger partial charge in [-0.3, -0.25) is 14.5 Å². The zero-order chi connectivity index (χ0) is 17.4. The third-order valence-electron chi connectivity index (χ3n) is 5.39. The molecule has 0 aliphatic carbocycles. The summed E-state index contributed by atoms with van der Waals surface area (Å²) in [6.07, 6.45) is 2.33. The Balaban J connectivity index is 1.49. The van der Waals surface area contributed by atoms with Crippen LogP contribution in [0, 0.1) is 0 Å². The fraction of sp³-hybridized carbons (Fsp3) is 0.444. The lowest BCUT2D eigenvalue weighted by Gasteiger charge is -2.42. The highest BCUT2D eigenvalue weighted by Crippen LogP contribution is 2.28. The first-order chi connectivity index (χ1) is 12.1. The monoisotopic (exact) mass is 343 g/mol. The van der Waals surface area contributed by atoms with Gasteiger partial charge in [-0.1, -0.05) is 12.1 Å². The van der Waals surface area contributed by atoms with Crippen molar-refractivity contribution in [1.82, 2.24) is 14.8 Å². The van der Waals surface area contributed by atoms with Crippen LogP contribution in [0.5, 0.6) is 0 Å². The molecule has 2 aliphatic rings. The van der Waals surface area contributed by atoms with E-state index in [1.165, 1.54) is 0 Å². The van der Waals surface area contributed by atoms with E-state index in [0.717, 1.165) is 10.9 Å². The number of hydrogen-bond acceptors (Lipinski definition) is 4. The van der Waals surface area contributed by atoms with E-state index in [4.69, 9.17) is 4.74 Å². The molecular weight excluding hydrogens is 322 g/mol. The second-order valence-electron chi connectivity index (χ2n) is 6.67. The Hall–Kier alpha value is -2.38. The van der Waals surface area contributed by atoms with Gasteiger partial charge in [0.15, 0.2) is 0 Å². The number of ether oxygens (including phenoxy) is 1. The van der Waals surface area contributed by atoms with E-state index in [9.17, 15) is 14.7 Å². The van der Waals surface area contributed by atoms with E-state index in [1.54, 1.807) is 4.90 Å². The summed E-state index contributed by atoms with van der Waals surface area (Å²) in [6, 6.07) is 7.63. The third-order valence-corrected chi connectivity index (χ3v) is 5.39. The molecule has 1 aromatic heterocycles. The molecule has 2 N–H and O–H groups in total. The van der Waals surface area contributed by atoms with Crippen LogP contribution in [0.3, 0.4) is 0 Å². The number of H-pyrrole nitrogens is 1. The Morgan fingerprint density at radius 2 is 1.96 bits per heavy atom. The summed E-state index contributed by atoms with van der Waals surface area (Å²) in [5.74, 6) is -0.847. The number of aromatic nitrogens is 1. The zero-order valence-electron chi connectivity index (χ0n) is 13.9. The Morgan fingerprint density at radius 1 is 1.16 bits per heavy atom. The van der Waals surface area contributed by atoms with Gasteiger partial charge in [0.2, 0.25) is 0 Å². The second kappa shape index (κ2) is 6.16. The number of fused-ring (bicyclic) bond motifs is 1. The van der Waals surface area contributed by atoms with Crippen molar-refractivity contribution in [1.29, 1.82) is 0 Å². The number of piperazine rings is 1. The predicted molar refractivity (Wildman–Crippen MR) is 91.6 cm³/mol. The lowest BCUT2D eigenvalue weighted by Crippen LogP contribution is -2.61. The first kappa shape index (κ1) is 16.1. The molecule has 0 saturated carbocycles. The minimum atomic E-state index is -0.936. The fourth-order valence-electron chi connectivity index (χ4n) is 3.88. The molecule has 1 amide bonds. The van der Waals surface area contributed by atoms with Gasteiger partial charge in [-0.15, -0.1) is 0 Å². The van der Waals surface area contributed by atoms with Gasteiger partial charge in [0.05, 0.1) is 17.7 Å². The number of amides is 1. The van der Waals surface area contributed by atoms with E-state index in [-0.39, 0.29) is 12.5 Å². The molecule has 2 saturated heterocycles. The molecule has 2 aromatic rings. The molecule has 3 heterocycles. The summed E-state index contributed by atoms with van der Waals surface area (Å²) in [7, 11) is 0. The third kappa shape index (κ3) is 2.60. The molecular formula is C18H21N3O4. The quantitative estimate of drug-likeness (QED) is 0.874. The minimum Gasteiger partial charge on any atom is -0.480 e. The summed E-state index contributed by atoms with van der Waals surface area (Å²) in [5, 5.41) is 10.7. The Labute approximate surface area is 145 Å². The smallest absolute Gasteiger partial charge is 0.326 e. The normalized spacial score (nSPS) is 24.7. The van der Waals surface area contributed by atoms with E-state index in [2.05, 4.69) is 4.98 Å². The van der Waals surface area contributed by atoms with E-state index in [1.807, 2.05) is 35.4 Å². The van der Waals surface area contributed by atoms with Gasteiger partial charge >= 0.3 is 5.97 Å². The molecule has 2 fully saturated rings. The number of aliphatic carboxylic acids is 1. The second-order valence-corrected chi connectivity index (χ2v) is 6.67. The van der Waals surface area contributed by atoms with Crippen molar-refractivity contribution in [2.24, 2.45) is 0 Å². The lowest BCUT2D eigenvalue weighted by atomic mass is 9.95. The molecule has 0 radical (unpaired) electrons. The van der Waals surface area contributed by atoms with Gasteiger partial charge in [0, 0.05) is 50.8 Å². The van der Waals surface area contributed by atoms with Gasteiger partial charge in [-0.25, -0.2) is 0 Å². The number of rotatable bonds is 3. The van der Waals surface area contributed by atoms with Crippen LogP contribution in [0.2, 0.25) is 0 Å². The molecule has 132 valence electrons. The molecule has 7 heteroatoms. The zero-order valence-corrected chi connectivity index (χ0v) is 13.9. The number of aromatic amines is 1. The number of hydrogen-bond donors (Lipinski definition) is 2. The molecule has 2 aliphatic heterocycles. The maximum Gasteiger partial charge on any atom is 0.326 e. The molecule has 0 spiro atoms. The van der Waals surface area contributed by atoms with E-state index >= 15 is 0 Å². The Morgan fingerprint density at radius 3 is 2.64 bits per heavy atom. The summed E-state index contributed by atoms with van der Waals surface area (Å²) in [6.45, 7) is 2.82. The lowest BCUT2D eigenvalue weighted by molar-refractivity contribution is -0.152. The van der Waals surface area contributed by atoms with Crippen molar-refractivity contribution >= 4 is 22.8 Å². The van der Waals surface area contributed by atoms with Crippen LogP contribution < -0.4 is 0 Å². The average molecular weight is 343 g/mol. The van der Waals surface area contributed by atoms with Crippen molar-refractivity contribution in [3.8, 4) is 0 Å². The highest BCUT2D eigenvalue weighted by molar-refractivity contribution is 6.05. The summed E-state index contributed by atoms with van der Waals surface area (Å²) in [4.78, 5) is 31.6. The molecule has 7 nitrogen and oxygen atoms in total. The largest absolute Gasteiger partial charge is 0.480 e. The van der Waals surface area contributed by atoms with Crippen LogP contribution in [0.25, 0.3) is 10.9 Å². The maximum atomic E-state index is 12.9. The summed E-state index contributed by atoms with van der Waals surface area (Å²) >= 11 is 0. The highest BCUT2D eigenvalue weighted by atomic mass is 16.5. The van der Waals surface area contributed by atoms with Crippen molar-refractivity contribution < 1.29 is 19.4 Å². The standard InChI is InChI=1S/C18H21N3O4/c22-16(14-3-1-2-13-4-6-19-15(13)14)20-7-9-21(10-8-20)18(17(23)24)5-11-25-12-18/h1-4,6,19H,5,7-12H2,(H,23,24). The molecule has 0 bridgehead atoms. The number of carbonyl (C=O) groups excluding carboxylic acids is 1. The first-order valence-electron chi connectivity index (χ1n) is 8.53. The van der Waals surface area contributed by atoms with Crippen LogP contribution in [-0.2, 0) is 9.53 Å². The SMILES string of the molecule is O=C(c1cccc2cc[nH]c12)N1CCN(C2(C(=O)O)CCOC2)CC1. The summed E-state index contributed by atoms with van der Waals surface area (Å²) < 4.78 is 5.35. The molecule has 4 rings (SSSR count). The van der Waals surface area contributed by atoms with Crippen molar-refractivity contribution in [3.05, 3.63) is 36.0 Å². The Bertz CT molecular complexity index is 802. The molecule has 1 aromatic carbocycles. The van der Waals surface area contributed by atoms with Crippen molar-refractivity contribution in [2.45, 2.75) is 12.0 Å². The van der Waals surface area contributed by atoms with Crippen LogP contribution in [0.1, 0.15) is 16.8 Å². The average Bonchev–Trinajstić information content (AvgIpc) is 3.31. The number of carboxylic acid groups (broad SMARTS) is 1. The number of para-hydroxylation sites is 1.